The van der Waals surface area contributed by atoms with Crippen LogP contribution in [0.2, 0.25) is 4.34 Å². The van der Waals surface area contributed by atoms with Gasteiger partial charge in [0.2, 0.25) is 0 Å². The Balaban J connectivity index is 2.03. The summed E-state index contributed by atoms with van der Waals surface area (Å²) in [6.45, 7) is 4.22. The molecule has 1 aromatic heterocycles. The molecule has 2 heterocycles. The summed E-state index contributed by atoms with van der Waals surface area (Å²) in [5.74, 6) is 0. The van der Waals surface area contributed by atoms with E-state index in [1.807, 2.05) is 13.0 Å². The third-order valence-corrected chi connectivity index (χ3v) is 5.87. The number of halogens is 1. The first-order valence-corrected chi connectivity index (χ1v) is 8.36. The zero-order valence-corrected chi connectivity index (χ0v) is 12.4. The van der Waals surface area contributed by atoms with Gasteiger partial charge in [-0.2, -0.15) is 17.4 Å². The monoisotopic (exact) mass is 309 g/mol. The third kappa shape index (κ3) is 3.43. The summed E-state index contributed by atoms with van der Waals surface area (Å²) in [5, 5.41) is 3.13. The Morgan fingerprint density at radius 1 is 1.44 bits per heavy atom. The Labute approximate surface area is 116 Å². The summed E-state index contributed by atoms with van der Waals surface area (Å²) in [6.07, 6.45) is 0. The molecule has 8 heteroatoms. The highest BCUT2D eigenvalue weighted by Gasteiger charge is 2.25. The molecule has 1 saturated heterocycles. The van der Waals surface area contributed by atoms with Crippen molar-refractivity contribution in [3.8, 4) is 0 Å². The van der Waals surface area contributed by atoms with Crippen LogP contribution >= 0.6 is 22.9 Å². The number of nitrogens with zero attached hydrogens (tertiary/aromatic N) is 1. The molecular formula is C10H16ClN3O2S2. The average molecular weight is 310 g/mol. The van der Waals surface area contributed by atoms with Gasteiger partial charge in [0.25, 0.3) is 10.2 Å². The van der Waals surface area contributed by atoms with Crippen molar-refractivity contribution in [2.45, 2.75) is 13.0 Å². The first kappa shape index (κ1) is 14.2. The van der Waals surface area contributed by atoms with Crippen LogP contribution in [0.5, 0.6) is 0 Å². The molecule has 1 aliphatic rings. The highest BCUT2D eigenvalue weighted by molar-refractivity contribution is 7.87. The van der Waals surface area contributed by atoms with Crippen molar-refractivity contribution in [2.24, 2.45) is 0 Å². The molecular weight excluding hydrogens is 294 g/mol. The van der Waals surface area contributed by atoms with Crippen LogP contribution in [0.25, 0.3) is 0 Å². The van der Waals surface area contributed by atoms with Gasteiger partial charge in [-0.3, -0.25) is 0 Å². The Kier molecular flexibility index (Phi) is 4.63. The van der Waals surface area contributed by atoms with E-state index in [9.17, 15) is 8.42 Å². The zero-order chi connectivity index (χ0) is 13.2. The summed E-state index contributed by atoms with van der Waals surface area (Å²) in [5.41, 5.74) is 0. The molecule has 1 aromatic rings. The molecule has 2 N–H and O–H groups in total. The van der Waals surface area contributed by atoms with E-state index < -0.39 is 10.2 Å². The van der Waals surface area contributed by atoms with Gasteiger partial charge in [0.15, 0.2) is 0 Å². The maximum Gasteiger partial charge on any atom is 0.280 e. The van der Waals surface area contributed by atoms with Gasteiger partial charge in [0.1, 0.15) is 0 Å². The van der Waals surface area contributed by atoms with Crippen LogP contribution in [0.3, 0.4) is 0 Å². The summed E-state index contributed by atoms with van der Waals surface area (Å²) >= 11 is 7.24. The van der Waals surface area contributed by atoms with Gasteiger partial charge in [-0.1, -0.05) is 11.6 Å². The summed E-state index contributed by atoms with van der Waals surface area (Å²) < 4.78 is 29.1. The summed E-state index contributed by atoms with van der Waals surface area (Å²) in [6, 6.07) is 3.36. The minimum absolute atomic E-state index is 0.262. The molecule has 0 amide bonds. The van der Waals surface area contributed by atoms with Gasteiger partial charge >= 0.3 is 0 Å². The van der Waals surface area contributed by atoms with Gasteiger partial charge in [-0.15, -0.1) is 11.3 Å². The van der Waals surface area contributed by atoms with E-state index in [1.54, 1.807) is 6.07 Å². The fourth-order valence-corrected chi connectivity index (χ4v) is 4.33. The minimum Gasteiger partial charge on any atom is -0.314 e. The molecule has 0 saturated carbocycles. The van der Waals surface area contributed by atoms with E-state index >= 15 is 0 Å². The molecule has 1 aliphatic heterocycles. The molecule has 0 aromatic carbocycles. The van der Waals surface area contributed by atoms with Crippen LogP contribution in [-0.4, -0.2) is 38.9 Å². The molecule has 0 spiro atoms. The van der Waals surface area contributed by atoms with Crippen molar-refractivity contribution >= 4 is 33.1 Å². The highest BCUT2D eigenvalue weighted by atomic mass is 35.5. The summed E-state index contributed by atoms with van der Waals surface area (Å²) in [7, 11) is -3.41. The van der Waals surface area contributed by atoms with E-state index in [-0.39, 0.29) is 6.04 Å². The van der Waals surface area contributed by atoms with Gasteiger partial charge < -0.3 is 5.32 Å². The van der Waals surface area contributed by atoms with E-state index in [1.165, 1.54) is 15.6 Å². The third-order valence-electron chi connectivity index (χ3n) is 2.76. The molecule has 1 atom stereocenters. The standard InChI is InChI=1S/C10H16ClN3O2S2/c1-8(9-2-3-10(11)17-9)13-18(15,16)14-6-4-12-5-7-14/h2-3,8,12-13H,4-7H2,1H3. The summed E-state index contributed by atoms with van der Waals surface area (Å²) in [4.78, 5) is 0.915. The lowest BCUT2D eigenvalue weighted by Crippen LogP contribution is -2.50. The molecule has 1 unspecified atom stereocenters. The van der Waals surface area contributed by atoms with Crippen LogP contribution < -0.4 is 10.0 Å². The number of hydrogen-bond donors (Lipinski definition) is 2. The Bertz CT molecular complexity index is 497. The van der Waals surface area contributed by atoms with Crippen LogP contribution in [-0.2, 0) is 10.2 Å². The van der Waals surface area contributed by atoms with E-state index in [2.05, 4.69) is 10.0 Å². The number of nitrogens with one attached hydrogen (secondary N) is 2. The van der Waals surface area contributed by atoms with Gasteiger partial charge in [-0.05, 0) is 19.1 Å². The van der Waals surface area contributed by atoms with Crippen molar-refractivity contribution in [3.63, 3.8) is 0 Å². The second kappa shape index (κ2) is 5.85. The fraction of sp³-hybridized carbons (Fsp3) is 0.600. The quantitative estimate of drug-likeness (QED) is 0.878. The number of hydrogen-bond acceptors (Lipinski definition) is 4. The molecule has 0 aliphatic carbocycles. The normalized spacial score (nSPS) is 19.9. The Morgan fingerprint density at radius 2 is 2.11 bits per heavy atom. The topological polar surface area (TPSA) is 61.4 Å². The zero-order valence-electron chi connectivity index (χ0n) is 10.0. The average Bonchev–Trinajstić information content (AvgIpc) is 2.77. The van der Waals surface area contributed by atoms with Crippen molar-refractivity contribution in [1.82, 2.24) is 14.3 Å². The molecule has 102 valence electrons. The first-order chi connectivity index (χ1) is 8.49. The predicted octanol–water partition coefficient (Wildman–Crippen LogP) is 1.20. The van der Waals surface area contributed by atoms with Crippen molar-refractivity contribution in [2.75, 3.05) is 26.2 Å². The second-order valence-electron chi connectivity index (χ2n) is 4.14. The number of rotatable bonds is 4. The smallest absolute Gasteiger partial charge is 0.280 e. The minimum atomic E-state index is -3.41. The predicted molar refractivity (Wildman–Crippen MR) is 74.2 cm³/mol. The highest BCUT2D eigenvalue weighted by Crippen LogP contribution is 2.27. The van der Waals surface area contributed by atoms with Crippen LogP contribution in [0.15, 0.2) is 12.1 Å². The molecule has 0 bridgehead atoms. The van der Waals surface area contributed by atoms with E-state index in [4.69, 9.17) is 11.6 Å². The van der Waals surface area contributed by atoms with Gasteiger partial charge in [-0.25, -0.2) is 0 Å². The van der Waals surface area contributed by atoms with E-state index in [0.29, 0.717) is 30.5 Å². The second-order valence-corrected chi connectivity index (χ2v) is 7.58. The van der Waals surface area contributed by atoms with Crippen LogP contribution in [0.1, 0.15) is 17.8 Å². The van der Waals surface area contributed by atoms with Crippen LogP contribution in [0.4, 0.5) is 0 Å². The lowest BCUT2D eigenvalue weighted by atomic mass is 10.3. The molecule has 5 nitrogen and oxygen atoms in total. The van der Waals surface area contributed by atoms with E-state index in [0.717, 1.165) is 4.88 Å². The molecule has 18 heavy (non-hydrogen) atoms. The number of piperazine rings is 1. The molecule has 2 rings (SSSR count). The lowest BCUT2D eigenvalue weighted by Gasteiger charge is -2.27. The van der Waals surface area contributed by atoms with Crippen molar-refractivity contribution in [1.29, 1.82) is 0 Å². The van der Waals surface area contributed by atoms with Crippen molar-refractivity contribution in [3.05, 3.63) is 21.3 Å². The van der Waals surface area contributed by atoms with Gasteiger partial charge in [0.05, 0.1) is 10.4 Å². The Morgan fingerprint density at radius 3 is 2.67 bits per heavy atom. The Hall–Kier alpha value is -0.180. The molecule has 0 radical (unpaired) electrons. The maximum absolute atomic E-state index is 12.1. The molecule has 1 fully saturated rings. The van der Waals surface area contributed by atoms with Crippen LogP contribution in [0, 0.1) is 0 Å². The van der Waals surface area contributed by atoms with Crippen molar-refractivity contribution < 1.29 is 8.42 Å². The van der Waals surface area contributed by atoms with Gasteiger partial charge in [0, 0.05) is 31.1 Å². The largest absolute Gasteiger partial charge is 0.314 e. The first-order valence-electron chi connectivity index (χ1n) is 5.72. The SMILES string of the molecule is CC(NS(=O)(=O)N1CCNCC1)c1ccc(Cl)s1. The fourth-order valence-electron chi connectivity index (χ4n) is 1.80. The maximum atomic E-state index is 12.1. The lowest BCUT2D eigenvalue weighted by molar-refractivity contribution is 0.352. The number of thiophene rings is 1.